The fraction of sp³-hybridized carbons (Fsp3) is 0.438. The Labute approximate surface area is 119 Å². The number of aryl methyl sites for hydroxylation is 1. The Morgan fingerprint density at radius 3 is 3.10 bits per heavy atom. The van der Waals surface area contributed by atoms with E-state index in [4.69, 9.17) is 10.5 Å². The van der Waals surface area contributed by atoms with Gasteiger partial charge in [0.2, 0.25) is 0 Å². The summed E-state index contributed by atoms with van der Waals surface area (Å²) in [5.74, 6) is 0.911. The largest absolute Gasteiger partial charge is 0.487 e. The summed E-state index contributed by atoms with van der Waals surface area (Å²) in [5.41, 5.74) is 9.74. The first-order valence-electron chi connectivity index (χ1n) is 7.17. The Morgan fingerprint density at radius 1 is 1.45 bits per heavy atom. The van der Waals surface area contributed by atoms with Crippen molar-refractivity contribution in [3.63, 3.8) is 0 Å². The zero-order valence-electron chi connectivity index (χ0n) is 12.0. The van der Waals surface area contributed by atoms with E-state index >= 15 is 0 Å². The van der Waals surface area contributed by atoms with Gasteiger partial charge in [0.05, 0.1) is 18.2 Å². The van der Waals surface area contributed by atoms with E-state index in [2.05, 4.69) is 35.5 Å². The van der Waals surface area contributed by atoms with Gasteiger partial charge in [0.15, 0.2) is 0 Å². The summed E-state index contributed by atoms with van der Waals surface area (Å²) in [6.45, 7) is 4.83. The molecule has 3 rings (SSSR count). The van der Waals surface area contributed by atoms with Crippen LogP contribution in [-0.2, 0) is 13.0 Å². The zero-order valence-corrected chi connectivity index (χ0v) is 12.0. The lowest BCUT2D eigenvalue weighted by molar-refractivity contribution is 0.292. The van der Waals surface area contributed by atoms with Crippen molar-refractivity contribution in [1.82, 2.24) is 9.55 Å². The Balaban J connectivity index is 1.71. The molecule has 0 saturated heterocycles. The summed E-state index contributed by atoms with van der Waals surface area (Å²) >= 11 is 0. The molecule has 1 unspecified atom stereocenters. The lowest BCUT2D eigenvalue weighted by Crippen LogP contribution is -2.07. The molecule has 1 atom stereocenters. The van der Waals surface area contributed by atoms with Crippen molar-refractivity contribution in [3.8, 4) is 5.75 Å². The molecule has 0 amide bonds. The molecule has 20 heavy (non-hydrogen) atoms. The maximum absolute atomic E-state index is 6.05. The molecule has 2 aromatic rings. The molecule has 1 aromatic heterocycles. The number of rotatable bonds is 4. The maximum atomic E-state index is 6.05. The average Bonchev–Trinajstić information content (AvgIpc) is 3.03. The summed E-state index contributed by atoms with van der Waals surface area (Å²) in [4.78, 5) is 4.19. The molecular weight excluding hydrogens is 250 g/mol. The zero-order chi connectivity index (χ0) is 14.1. The van der Waals surface area contributed by atoms with Crippen molar-refractivity contribution >= 4 is 0 Å². The molecule has 106 valence electrons. The normalized spacial score (nSPS) is 17.5. The highest BCUT2D eigenvalue weighted by Gasteiger charge is 2.19. The summed E-state index contributed by atoms with van der Waals surface area (Å²) in [7, 11) is 0. The first-order chi connectivity index (χ1) is 9.65. The monoisotopic (exact) mass is 271 g/mol. The van der Waals surface area contributed by atoms with Crippen LogP contribution in [0.4, 0.5) is 0 Å². The molecule has 0 radical (unpaired) electrons. The molecule has 4 nitrogen and oxygen atoms in total. The molecule has 4 heteroatoms. The van der Waals surface area contributed by atoms with Crippen molar-refractivity contribution in [2.75, 3.05) is 0 Å². The molecule has 2 N–H and O–H groups in total. The van der Waals surface area contributed by atoms with E-state index in [-0.39, 0.29) is 6.04 Å². The first kappa shape index (κ1) is 13.2. The Bertz CT molecular complexity index is 604. The maximum Gasteiger partial charge on any atom is 0.130 e. The third-order valence-corrected chi connectivity index (χ3v) is 3.93. The van der Waals surface area contributed by atoms with E-state index in [9.17, 15) is 0 Å². The smallest absolute Gasteiger partial charge is 0.130 e. The molecule has 0 saturated carbocycles. The van der Waals surface area contributed by atoms with Gasteiger partial charge in [-0.25, -0.2) is 4.98 Å². The highest BCUT2D eigenvalue weighted by Crippen LogP contribution is 2.32. The van der Waals surface area contributed by atoms with Gasteiger partial charge in [0.25, 0.3) is 0 Å². The van der Waals surface area contributed by atoms with Crippen LogP contribution < -0.4 is 10.5 Å². The van der Waals surface area contributed by atoms with Crippen molar-refractivity contribution < 1.29 is 4.74 Å². The van der Waals surface area contributed by atoms with Gasteiger partial charge in [0.1, 0.15) is 12.4 Å². The van der Waals surface area contributed by atoms with Crippen molar-refractivity contribution in [3.05, 3.63) is 47.5 Å². The van der Waals surface area contributed by atoms with Crippen LogP contribution in [0.25, 0.3) is 0 Å². The summed E-state index contributed by atoms with van der Waals surface area (Å²) < 4.78 is 8.03. The van der Waals surface area contributed by atoms with Crippen molar-refractivity contribution in [2.24, 2.45) is 5.73 Å². The average molecular weight is 271 g/mol. The second-order valence-corrected chi connectivity index (χ2v) is 5.68. The number of nitrogens with zero attached hydrogens (tertiary/aromatic N) is 2. The molecule has 0 aliphatic heterocycles. The van der Waals surface area contributed by atoms with Crippen LogP contribution in [0.1, 0.15) is 49.2 Å². The van der Waals surface area contributed by atoms with Crippen LogP contribution in [0.5, 0.6) is 5.75 Å². The number of hydrogen-bond donors (Lipinski definition) is 1. The number of fused-ring (bicyclic) bond motifs is 1. The molecule has 1 aliphatic carbocycles. The van der Waals surface area contributed by atoms with Gasteiger partial charge >= 0.3 is 0 Å². The predicted molar refractivity (Wildman–Crippen MR) is 78.6 cm³/mol. The number of aromatic nitrogens is 2. The van der Waals surface area contributed by atoms with Gasteiger partial charge in [-0.3, -0.25) is 0 Å². The van der Waals surface area contributed by atoms with Gasteiger partial charge in [-0.05, 0) is 49.9 Å². The van der Waals surface area contributed by atoms with Gasteiger partial charge < -0.3 is 15.0 Å². The van der Waals surface area contributed by atoms with E-state index < -0.39 is 0 Å². The minimum Gasteiger partial charge on any atom is -0.487 e. The topological polar surface area (TPSA) is 53.1 Å². The van der Waals surface area contributed by atoms with Gasteiger partial charge in [-0.15, -0.1) is 0 Å². The first-order valence-corrected chi connectivity index (χ1v) is 7.17. The van der Waals surface area contributed by atoms with Crippen LogP contribution in [0.3, 0.4) is 0 Å². The number of benzene rings is 1. The summed E-state index contributed by atoms with van der Waals surface area (Å²) in [6, 6.07) is 6.83. The standard InChI is InChI=1S/C16H21N3O/c1-11(2)19-10-18-8-13(19)9-20-14-4-5-15-12(7-14)3-6-16(15)17/h4-5,7-8,10-11,16H,3,6,9,17H2,1-2H3. The third kappa shape index (κ3) is 2.43. The minimum atomic E-state index is 0.196. The molecule has 0 fully saturated rings. The summed E-state index contributed by atoms with van der Waals surface area (Å²) in [6.07, 6.45) is 5.81. The molecule has 1 aromatic carbocycles. The SMILES string of the molecule is CC(C)n1cncc1COc1ccc2c(c1)CCC2N. The third-order valence-electron chi connectivity index (χ3n) is 3.93. The van der Waals surface area contributed by atoms with Crippen LogP contribution >= 0.6 is 0 Å². The number of hydrogen-bond acceptors (Lipinski definition) is 3. The molecule has 1 aliphatic rings. The molecular formula is C16H21N3O. The quantitative estimate of drug-likeness (QED) is 0.930. The molecule has 0 spiro atoms. The predicted octanol–water partition coefficient (Wildman–Crippen LogP) is 2.99. The number of nitrogens with two attached hydrogens (primary N) is 1. The fourth-order valence-corrected chi connectivity index (χ4v) is 2.78. The van der Waals surface area contributed by atoms with Crippen molar-refractivity contribution in [1.29, 1.82) is 0 Å². The highest BCUT2D eigenvalue weighted by molar-refractivity contribution is 5.40. The van der Waals surface area contributed by atoms with Gasteiger partial charge in [-0.1, -0.05) is 6.07 Å². The van der Waals surface area contributed by atoms with E-state index in [1.165, 1.54) is 11.1 Å². The van der Waals surface area contributed by atoms with Gasteiger partial charge in [0, 0.05) is 12.1 Å². The lowest BCUT2D eigenvalue weighted by Gasteiger charge is -2.13. The van der Waals surface area contributed by atoms with E-state index in [0.29, 0.717) is 12.6 Å². The Hall–Kier alpha value is -1.81. The van der Waals surface area contributed by atoms with Crippen molar-refractivity contribution in [2.45, 2.75) is 45.4 Å². The second kappa shape index (κ2) is 5.29. The van der Waals surface area contributed by atoms with Crippen LogP contribution in [0, 0.1) is 0 Å². The Morgan fingerprint density at radius 2 is 2.30 bits per heavy atom. The number of imidazole rings is 1. The van der Waals surface area contributed by atoms with Crippen LogP contribution in [0.2, 0.25) is 0 Å². The lowest BCUT2D eigenvalue weighted by atomic mass is 10.1. The molecule has 0 bridgehead atoms. The van der Waals surface area contributed by atoms with Crippen LogP contribution in [-0.4, -0.2) is 9.55 Å². The molecule has 1 heterocycles. The van der Waals surface area contributed by atoms with Gasteiger partial charge in [-0.2, -0.15) is 0 Å². The van der Waals surface area contributed by atoms with E-state index in [1.54, 1.807) is 0 Å². The second-order valence-electron chi connectivity index (χ2n) is 5.68. The highest BCUT2D eigenvalue weighted by atomic mass is 16.5. The summed E-state index contributed by atoms with van der Waals surface area (Å²) in [5, 5.41) is 0. The fourth-order valence-electron chi connectivity index (χ4n) is 2.78. The van der Waals surface area contributed by atoms with E-state index in [1.807, 2.05) is 18.6 Å². The minimum absolute atomic E-state index is 0.196. The Kier molecular flexibility index (Phi) is 3.49. The number of ether oxygens (including phenoxy) is 1. The van der Waals surface area contributed by atoms with E-state index in [0.717, 1.165) is 24.3 Å². The van der Waals surface area contributed by atoms with Crippen LogP contribution in [0.15, 0.2) is 30.7 Å².